The first-order valence-electron chi connectivity index (χ1n) is 5.84. The molecule has 1 heterocycles. The van der Waals surface area contributed by atoms with Gasteiger partial charge in [-0.3, -0.25) is 0 Å². The van der Waals surface area contributed by atoms with Crippen molar-refractivity contribution in [3.05, 3.63) is 23.4 Å². The second-order valence-electron chi connectivity index (χ2n) is 4.55. The zero-order valence-corrected chi connectivity index (χ0v) is 11.4. The van der Waals surface area contributed by atoms with Gasteiger partial charge in [-0.25, -0.2) is 4.98 Å². The minimum atomic E-state index is 0.532. The number of halogens is 1. The molecule has 0 unspecified atom stereocenters. The van der Waals surface area contributed by atoms with E-state index in [9.17, 15) is 0 Å². The zero-order valence-electron chi connectivity index (χ0n) is 10.6. The largest absolute Gasteiger partial charge is 0.356 e. The summed E-state index contributed by atoms with van der Waals surface area (Å²) in [7, 11) is 0. The van der Waals surface area contributed by atoms with Crippen LogP contribution in [-0.4, -0.2) is 18.1 Å². The number of hydrogen-bond acceptors (Lipinski definition) is 2. The van der Waals surface area contributed by atoms with Crippen LogP contribution in [0.3, 0.4) is 0 Å². The van der Waals surface area contributed by atoms with Crippen LogP contribution in [-0.2, 0) is 5.88 Å². The van der Waals surface area contributed by atoms with Gasteiger partial charge >= 0.3 is 0 Å². The molecule has 0 radical (unpaired) electrons. The Labute approximate surface area is 104 Å². The molecule has 1 aromatic heterocycles. The molecule has 0 aliphatic carbocycles. The Hall–Kier alpha value is -0.760. The van der Waals surface area contributed by atoms with Crippen LogP contribution in [0.2, 0.25) is 0 Å². The van der Waals surface area contributed by atoms with Crippen LogP contribution in [0.4, 0.5) is 5.82 Å². The highest BCUT2D eigenvalue weighted by atomic mass is 35.5. The summed E-state index contributed by atoms with van der Waals surface area (Å²) in [6, 6.07) is 2.12. The predicted octanol–water partition coefficient (Wildman–Crippen LogP) is 3.61. The molecular weight excluding hydrogens is 220 g/mol. The lowest BCUT2D eigenvalue weighted by atomic mass is 10.1. The number of aromatic nitrogens is 1. The quantitative estimate of drug-likeness (QED) is 0.731. The third-order valence-electron chi connectivity index (χ3n) is 2.53. The van der Waals surface area contributed by atoms with Crippen molar-refractivity contribution in [1.29, 1.82) is 0 Å². The number of aryl methyl sites for hydroxylation is 1. The fraction of sp³-hybridized carbons (Fsp3) is 0.615. The summed E-state index contributed by atoms with van der Waals surface area (Å²) in [4.78, 5) is 6.83. The number of nitrogens with zero attached hydrogens (tertiary/aromatic N) is 2. The Morgan fingerprint density at radius 3 is 2.56 bits per heavy atom. The van der Waals surface area contributed by atoms with Gasteiger partial charge in [0.25, 0.3) is 0 Å². The Morgan fingerprint density at radius 2 is 2.12 bits per heavy atom. The molecule has 0 atom stereocenters. The van der Waals surface area contributed by atoms with E-state index in [4.69, 9.17) is 11.6 Å². The standard InChI is InChI=1S/C13H21ClN2/c1-5-16(9-10(2)3)13-11(4)6-12(7-14)8-15-13/h6,8,10H,5,7,9H2,1-4H3. The molecule has 90 valence electrons. The van der Waals surface area contributed by atoms with Crippen molar-refractivity contribution < 1.29 is 0 Å². The van der Waals surface area contributed by atoms with Crippen molar-refractivity contribution in [3.63, 3.8) is 0 Å². The van der Waals surface area contributed by atoms with Crippen LogP contribution in [0.15, 0.2) is 12.3 Å². The van der Waals surface area contributed by atoms with Crippen LogP contribution < -0.4 is 4.90 Å². The minimum absolute atomic E-state index is 0.532. The molecule has 16 heavy (non-hydrogen) atoms. The molecule has 0 N–H and O–H groups in total. The third-order valence-corrected chi connectivity index (χ3v) is 2.84. The van der Waals surface area contributed by atoms with Crippen LogP contribution >= 0.6 is 11.6 Å². The lowest BCUT2D eigenvalue weighted by molar-refractivity contribution is 0.613. The zero-order chi connectivity index (χ0) is 12.1. The molecule has 0 bridgehead atoms. The van der Waals surface area contributed by atoms with E-state index in [0.29, 0.717) is 11.8 Å². The number of anilines is 1. The predicted molar refractivity (Wildman–Crippen MR) is 71.3 cm³/mol. The minimum Gasteiger partial charge on any atom is -0.356 e. The van der Waals surface area contributed by atoms with Crippen molar-refractivity contribution in [1.82, 2.24) is 4.98 Å². The van der Waals surface area contributed by atoms with Gasteiger partial charge in [-0.15, -0.1) is 11.6 Å². The van der Waals surface area contributed by atoms with Crippen LogP contribution in [0.1, 0.15) is 31.9 Å². The second-order valence-corrected chi connectivity index (χ2v) is 4.82. The molecule has 0 saturated heterocycles. The number of pyridine rings is 1. The monoisotopic (exact) mass is 240 g/mol. The average molecular weight is 241 g/mol. The average Bonchev–Trinajstić information content (AvgIpc) is 2.25. The summed E-state index contributed by atoms with van der Waals surface area (Å²) in [6.07, 6.45) is 1.87. The van der Waals surface area contributed by atoms with Gasteiger partial charge in [0.2, 0.25) is 0 Å². The van der Waals surface area contributed by atoms with E-state index in [1.54, 1.807) is 0 Å². The van der Waals surface area contributed by atoms with Gasteiger partial charge < -0.3 is 4.90 Å². The SMILES string of the molecule is CCN(CC(C)C)c1ncc(CCl)cc1C. The van der Waals surface area contributed by atoms with E-state index in [0.717, 1.165) is 24.5 Å². The van der Waals surface area contributed by atoms with E-state index in [1.165, 1.54) is 5.56 Å². The molecule has 0 aromatic carbocycles. The van der Waals surface area contributed by atoms with Gasteiger partial charge in [0, 0.05) is 25.2 Å². The normalized spacial score (nSPS) is 10.9. The lowest BCUT2D eigenvalue weighted by Gasteiger charge is -2.25. The topological polar surface area (TPSA) is 16.1 Å². The summed E-state index contributed by atoms with van der Waals surface area (Å²) in [5.74, 6) is 2.27. The Morgan fingerprint density at radius 1 is 1.44 bits per heavy atom. The van der Waals surface area contributed by atoms with Crippen LogP contribution in [0.5, 0.6) is 0 Å². The number of alkyl halides is 1. The first-order chi connectivity index (χ1) is 7.58. The number of rotatable bonds is 5. The molecule has 0 aliphatic rings. The smallest absolute Gasteiger partial charge is 0.131 e. The molecule has 2 nitrogen and oxygen atoms in total. The van der Waals surface area contributed by atoms with Crippen molar-refractivity contribution in [2.75, 3.05) is 18.0 Å². The molecular formula is C13H21ClN2. The highest BCUT2D eigenvalue weighted by molar-refractivity contribution is 6.17. The molecule has 3 heteroatoms. The lowest BCUT2D eigenvalue weighted by Crippen LogP contribution is -2.28. The summed E-state index contributed by atoms with van der Waals surface area (Å²) < 4.78 is 0. The van der Waals surface area contributed by atoms with E-state index < -0.39 is 0 Å². The van der Waals surface area contributed by atoms with Crippen molar-refractivity contribution in [3.8, 4) is 0 Å². The molecule has 0 spiro atoms. The van der Waals surface area contributed by atoms with Gasteiger partial charge in [0.1, 0.15) is 5.82 Å². The third kappa shape index (κ3) is 3.38. The summed E-state index contributed by atoms with van der Waals surface area (Å²) in [5, 5.41) is 0. The molecule has 1 aromatic rings. The Balaban J connectivity index is 2.92. The fourth-order valence-electron chi connectivity index (χ4n) is 1.84. The maximum Gasteiger partial charge on any atom is 0.131 e. The summed E-state index contributed by atoms with van der Waals surface area (Å²) in [5.41, 5.74) is 2.30. The maximum atomic E-state index is 5.80. The first kappa shape index (κ1) is 13.3. The maximum absolute atomic E-state index is 5.80. The first-order valence-corrected chi connectivity index (χ1v) is 6.38. The molecule has 0 saturated carbocycles. The highest BCUT2D eigenvalue weighted by Crippen LogP contribution is 2.19. The van der Waals surface area contributed by atoms with Crippen molar-refractivity contribution in [2.45, 2.75) is 33.6 Å². The van der Waals surface area contributed by atoms with Crippen LogP contribution in [0, 0.1) is 12.8 Å². The van der Waals surface area contributed by atoms with Gasteiger partial charge in [-0.1, -0.05) is 13.8 Å². The van der Waals surface area contributed by atoms with Crippen molar-refractivity contribution >= 4 is 17.4 Å². The fourth-order valence-corrected chi connectivity index (χ4v) is 1.98. The van der Waals surface area contributed by atoms with Crippen molar-refractivity contribution in [2.24, 2.45) is 5.92 Å². The van der Waals surface area contributed by atoms with Gasteiger partial charge in [0.05, 0.1) is 0 Å². The second kappa shape index (κ2) is 6.09. The molecule has 0 amide bonds. The molecule has 0 aliphatic heterocycles. The summed E-state index contributed by atoms with van der Waals surface area (Å²) >= 11 is 5.80. The molecule has 1 rings (SSSR count). The number of hydrogen-bond donors (Lipinski definition) is 0. The Kier molecular flexibility index (Phi) is 5.07. The van der Waals surface area contributed by atoms with Gasteiger partial charge in [-0.2, -0.15) is 0 Å². The van der Waals surface area contributed by atoms with Gasteiger partial charge in [0.15, 0.2) is 0 Å². The van der Waals surface area contributed by atoms with Crippen LogP contribution in [0.25, 0.3) is 0 Å². The van der Waals surface area contributed by atoms with E-state index in [2.05, 4.69) is 43.6 Å². The Bertz CT molecular complexity index is 337. The van der Waals surface area contributed by atoms with E-state index in [-0.39, 0.29) is 0 Å². The van der Waals surface area contributed by atoms with E-state index in [1.807, 2.05) is 6.20 Å². The highest BCUT2D eigenvalue weighted by Gasteiger charge is 2.10. The van der Waals surface area contributed by atoms with Gasteiger partial charge in [-0.05, 0) is 37.0 Å². The summed E-state index contributed by atoms with van der Waals surface area (Å²) in [6.45, 7) is 10.8. The molecule has 0 fully saturated rings. The van der Waals surface area contributed by atoms with E-state index >= 15 is 0 Å².